The Kier molecular flexibility index (Phi) is 1.90. The molecule has 3 heterocycles. The number of aromatic nitrogens is 6. The van der Waals surface area contributed by atoms with Crippen molar-refractivity contribution >= 4 is 22.6 Å². The van der Waals surface area contributed by atoms with Crippen LogP contribution in [0.25, 0.3) is 16.7 Å². The molecular formula is C9H7ClN6. The molecule has 0 saturated carbocycles. The summed E-state index contributed by atoms with van der Waals surface area (Å²) in [5.41, 5.74) is 1.54. The van der Waals surface area contributed by atoms with Gasteiger partial charge in [0.1, 0.15) is 5.15 Å². The van der Waals surface area contributed by atoms with Crippen LogP contribution in [0.1, 0.15) is 0 Å². The molecule has 0 unspecified atom stereocenters. The molecule has 0 fully saturated rings. The highest BCUT2D eigenvalue weighted by atomic mass is 35.5. The van der Waals surface area contributed by atoms with Gasteiger partial charge in [0.05, 0.1) is 29.7 Å². The molecule has 0 spiro atoms. The Balaban J connectivity index is 2.39. The fourth-order valence-corrected chi connectivity index (χ4v) is 1.78. The van der Waals surface area contributed by atoms with Crippen LogP contribution in [0.15, 0.2) is 24.7 Å². The second-order valence-electron chi connectivity index (χ2n) is 3.32. The Labute approximate surface area is 95.5 Å². The normalized spacial score (nSPS) is 11.1. The van der Waals surface area contributed by atoms with E-state index in [9.17, 15) is 0 Å². The van der Waals surface area contributed by atoms with Crippen LogP contribution in [-0.4, -0.2) is 29.8 Å². The van der Waals surface area contributed by atoms with Gasteiger partial charge in [-0.3, -0.25) is 4.68 Å². The van der Waals surface area contributed by atoms with E-state index in [2.05, 4.69) is 20.4 Å². The highest BCUT2D eigenvalue weighted by Gasteiger charge is 2.10. The lowest BCUT2D eigenvalue weighted by molar-refractivity contribution is 0.785. The quantitative estimate of drug-likeness (QED) is 0.594. The molecule has 0 bridgehead atoms. The summed E-state index contributed by atoms with van der Waals surface area (Å²) in [6, 6.07) is 1.74. The molecule has 0 saturated heterocycles. The van der Waals surface area contributed by atoms with Crippen LogP contribution in [0, 0.1) is 0 Å². The molecule has 0 aliphatic carbocycles. The number of nitrogens with zero attached hydrogens (tertiary/aromatic N) is 6. The zero-order valence-corrected chi connectivity index (χ0v) is 9.13. The number of halogens is 1. The van der Waals surface area contributed by atoms with Crippen molar-refractivity contribution < 1.29 is 0 Å². The van der Waals surface area contributed by atoms with Crippen LogP contribution in [0.5, 0.6) is 0 Å². The molecule has 16 heavy (non-hydrogen) atoms. The smallest absolute Gasteiger partial charge is 0.161 e. The Morgan fingerprint density at radius 3 is 3.00 bits per heavy atom. The lowest BCUT2D eigenvalue weighted by atomic mass is 10.3. The molecule has 3 aromatic rings. The minimum absolute atomic E-state index is 0.404. The maximum atomic E-state index is 5.96. The van der Waals surface area contributed by atoms with Crippen molar-refractivity contribution in [2.75, 3.05) is 0 Å². The van der Waals surface area contributed by atoms with Gasteiger partial charge in [-0.15, -0.1) is 5.10 Å². The van der Waals surface area contributed by atoms with Crippen LogP contribution < -0.4 is 0 Å². The average molecular weight is 235 g/mol. The van der Waals surface area contributed by atoms with E-state index in [0.29, 0.717) is 5.15 Å². The van der Waals surface area contributed by atoms with Gasteiger partial charge in [-0.25, -0.2) is 9.67 Å². The standard InChI is InChI=1S/C9H7ClN6/c1-15-9-6(5-12-15)7(4-8(10)13-9)16-3-2-11-14-16/h2-5H,1H3. The first kappa shape index (κ1) is 9.29. The van der Waals surface area contributed by atoms with Crippen molar-refractivity contribution in [3.8, 4) is 5.69 Å². The molecule has 0 aromatic carbocycles. The van der Waals surface area contributed by atoms with Crippen LogP contribution in [0.4, 0.5) is 0 Å². The number of pyridine rings is 1. The molecule has 0 amide bonds. The molecule has 0 radical (unpaired) electrons. The number of hydrogen-bond donors (Lipinski definition) is 0. The third-order valence-electron chi connectivity index (χ3n) is 2.32. The monoisotopic (exact) mass is 234 g/mol. The summed E-state index contributed by atoms with van der Waals surface area (Å²) in [5.74, 6) is 0. The fourth-order valence-electron chi connectivity index (χ4n) is 1.59. The largest absolute Gasteiger partial charge is 0.250 e. The van der Waals surface area contributed by atoms with Gasteiger partial charge in [-0.1, -0.05) is 16.8 Å². The summed E-state index contributed by atoms with van der Waals surface area (Å²) < 4.78 is 3.30. The molecular weight excluding hydrogens is 228 g/mol. The minimum Gasteiger partial charge on any atom is -0.250 e. The summed E-state index contributed by atoms with van der Waals surface area (Å²) in [6.45, 7) is 0. The zero-order chi connectivity index (χ0) is 11.1. The summed E-state index contributed by atoms with van der Waals surface area (Å²) in [6.07, 6.45) is 5.09. The molecule has 0 aliphatic rings. The number of aryl methyl sites for hydroxylation is 1. The van der Waals surface area contributed by atoms with E-state index < -0.39 is 0 Å². The van der Waals surface area contributed by atoms with Crippen LogP contribution in [0.2, 0.25) is 5.15 Å². The minimum atomic E-state index is 0.404. The first-order valence-corrected chi connectivity index (χ1v) is 4.98. The first-order valence-electron chi connectivity index (χ1n) is 4.60. The molecule has 0 aliphatic heterocycles. The second kappa shape index (κ2) is 3.28. The second-order valence-corrected chi connectivity index (χ2v) is 3.70. The Morgan fingerprint density at radius 2 is 2.25 bits per heavy atom. The fraction of sp³-hybridized carbons (Fsp3) is 0.111. The SMILES string of the molecule is Cn1ncc2c(-n3ccnn3)cc(Cl)nc21. The van der Waals surface area contributed by atoms with Gasteiger partial charge in [-0.05, 0) is 0 Å². The van der Waals surface area contributed by atoms with Crippen LogP contribution >= 0.6 is 11.6 Å². The topological polar surface area (TPSA) is 61.4 Å². The van der Waals surface area contributed by atoms with Crippen LogP contribution in [0.3, 0.4) is 0 Å². The van der Waals surface area contributed by atoms with Gasteiger partial charge in [0.2, 0.25) is 0 Å². The molecule has 6 nitrogen and oxygen atoms in total. The van der Waals surface area contributed by atoms with E-state index in [1.165, 1.54) is 0 Å². The molecule has 3 rings (SSSR count). The van der Waals surface area contributed by atoms with Gasteiger partial charge in [0.15, 0.2) is 5.65 Å². The zero-order valence-electron chi connectivity index (χ0n) is 8.37. The molecule has 7 heteroatoms. The summed E-state index contributed by atoms with van der Waals surface area (Å²) in [5, 5.41) is 13.1. The van der Waals surface area contributed by atoms with Crippen molar-refractivity contribution in [2.24, 2.45) is 7.05 Å². The Morgan fingerprint density at radius 1 is 1.38 bits per heavy atom. The maximum absolute atomic E-state index is 5.96. The summed E-state index contributed by atoms with van der Waals surface area (Å²) >= 11 is 5.96. The Bertz CT molecular complexity index is 641. The Hall–Kier alpha value is -1.95. The van der Waals surface area contributed by atoms with Gasteiger partial charge < -0.3 is 0 Å². The van der Waals surface area contributed by atoms with Gasteiger partial charge >= 0.3 is 0 Å². The van der Waals surface area contributed by atoms with E-state index in [0.717, 1.165) is 16.7 Å². The third-order valence-corrected chi connectivity index (χ3v) is 2.51. The average Bonchev–Trinajstić information content (AvgIpc) is 2.88. The number of fused-ring (bicyclic) bond motifs is 1. The molecule has 80 valence electrons. The number of hydrogen-bond acceptors (Lipinski definition) is 4. The lowest BCUT2D eigenvalue weighted by Crippen LogP contribution is -1.98. The first-order chi connectivity index (χ1) is 7.75. The predicted octanol–water partition coefficient (Wildman–Crippen LogP) is 1.20. The summed E-state index contributed by atoms with van der Waals surface area (Å²) in [7, 11) is 1.82. The highest BCUT2D eigenvalue weighted by molar-refractivity contribution is 6.30. The maximum Gasteiger partial charge on any atom is 0.161 e. The molecule has 0 N–H and O–H groups in total. The van der Waals surface area contributed by atoms with E-state index in [-0.39, 0.29) is 0 Å². The van der Waals surface area contributed by atoms with Gasteiger partial charge in [-0.2, -0.15) is 5.10 Å². The third kappa shape index (κ3) is 1.27. The highest BCUT2D eigenvalue weighted by Crippen LogP contribution is 2.22. The van der Waals surface area contributed by atoms with E-state index in [4.69, 9.17) is 11.6 Å². The predicted molar refractivity (Wildman–Crippen MR) is 58.4 cm³/mol. The van der Waals surface area contributed by atoms with Crippen LogP contribution in [-0.2, 0) is 7.05 Å². The van der Waals surface area contributed by atoms with Gasteiger partial charge in [0.25, 0.3) is 0 Å². The molecule has 3 aromatic heterocycles. The van der Waals surface area contributed by atoms with E-state index >= 15 is 0 Å². The van der Waals surface area contributed by atoms with Crippen molar-refractivity contribution in [2.45, 2.75) is 0 Å². The van der Waals surface area contributed by atoms with Crippen molar-refractivity contribution in [3.05, 3.63) is 29.8 Å². The lowest BCUT2D eigenvalue weighted by Gasteiger charge is -2.02. The number of rotatable bonds is 1. The van der Waals surface area contributed by atoms with Crippen molar-refractivity contribution in [1.29, 1.82) is 0 Å². The van der Waals surface area contributed by atoms with Gasteiger partial charge in [0, 0.05) is 13.1 Å². The van der Waals surface area contributed by atoms with Crippen molar-refractivity contribution in [1.82, 2.24) is 29.8 Å². The van der Waals surface area contributed by atoms with Crippen molar-refractivity contribution in [3.63, 3.8) is 0 Å². The van der Waals surface area contributed by atoms with E-state index in [1.807, 2.05) is 7.05 Å². The summed E-state index contributed by atoms with van der Waals surface area (Å²) in [4.78, 5) is 4.21. The van der Waals surface area contributed by atoms with E-state index in [1.54, 1.807) is 34.0 Å². The molecule has 0 atom stereocenters.